The number of halogens is 1. The van der Waals surface area contributed by atoms with Crippen molar-refractivity contribution in [3.8, 4) is 0 Å². The van der Waals surface area contributed by atoms with Crippen LogP contribution >= 0.6 is 0 Å². The monoisotopic (exact) mass is 280 g/mol. The maximum Gasteiger partial charge on any atom is 0.123 e. The quantitative estimate of drug-likeness (QED) is 0.830. The van der Waals surface area contributed by atoms with E-state index in [4.69, 9.17) is 0 Å². The molecule has 1 aliphatic heterocycles. The first-order valence-corrected chi connectivity index (χ1v) is 7.49. The second-order valence-corrected chi connectivity index (χ2v) is 5.71. The molecule has 0 amide bonds. The maximum absolute atomic E-state index is 13.1. The number of rotatable bonds is 7. The van der Waals surface area contributed by atoms with Gasteiger partial charge in [0.25, 0.3) is 0 Å². The molecule has 1 aliphatic rings. The van der Waals surface area contributed by atoms with Gasteiger partial charge in [0.05, 0.1) is 6.10 Å². The summed E-state index contributed by atoms with van der Waals surface area (Å²) in [4.78, 5) is 4.72. The molecule has 0 spiro atoms. The molecule has 1 saturated heterocycles. The molecule has 0 saturated carbocycles. The van der Waals surface area contributed by atoms with Crippen molar-refractivity contribution in [2.75, 3.05) is 39.8 Å². The van der Waals surface area contributed by atoms with Crippen LogP contribution < -0.4 is 0 Å². The number of nitrogens with zero attached hydrogens (tertiary/aromatic N) is 2. The largest absolute Gasteiger partial charge is 0.388 e. The van der Waals surface area contributed by atoms with Gasteiger partial charge in [0.15, 0.2) is 0 Å². The summed E-state index contributed by atoms with van der Waals surface area (Å²) >= 11 is 0. The van der Waals surface area contributed by atoms with Gasteiger partial charge in [-0.3, -0.25) is 0 Å². The van der Waals surface area contributed by atoms with Gasteiger partial charge in [0, 0.05) is 19.6 Å². The molecule has 0 radical (unpaired) electrons. The first-order valence-electron chi connectivity index (χ1n) is 7.49. The number of aliphatic hydroxyl groups is 1. The molecule has 0 bridgehead atoms. The van der Waals surface area contributed by atoms with Crippen LogP contribution in [-0.4, -0.2) is 54.7 Å². The van der Waals surface area contributed by atoms with Crippen molar-refractivity contribution in [3.63, 3.8) is 0 Å². The molecule has 3 nitrogen and oxygen atoms in total. The molecule has 1 aromatic carbocycles. The standard InChI is InChI=1S/C16H25FN2O/c1-18(11-12-19-8-2-3-9-19)10-7-16(20)14-5-4-6-15(17)13-14/h4-6,13,16,20H,2-3,7-12H2,1H3. The van der Waals surface area contributed by atoms with Gasteiger partial charge in [-0.05, 0) is 57.1 Å². The van der Waals surface area contributed by atoms with Crippen LogP contribution in [0.1, 0.15) is 30.9 Å². The topological polar surface area (TPSA) is 26.7 Å². The minimum atomic E-state index is -0.583. The molecule has 112 valence electrons. The summed E-state index contributed by atoms with van der Waals surface area (Å²) in [5.41, 5.74) is 0.665. The van der Waals surface area contributed by atoms with Gasteiger partial charge < -0.3 is 14.9 Å². The average Bonchev–Trinajstić information content (AvgIpc) is 2.95. The van der Waals surface area contributed by atoms with E-state index in [1.165, 1.54) is 38.1 Å². The number of likely N-dealkylation sites (tertiary alicyclic amines) is 1. The van der Waals surface area contributed by atoms with Gasteiger partial charge in [-0.1, -0.05) is 12.1 Å². The highest BCUT2D eigenvalue weighted by atomic mass is 19.1. The Kier molecular flexibility index (Phi) is 5.95. The third-order valence-corrected chi connectivity index (χ3v) is 4.01. The van der Waals surface area contributed by atoms with Crippen LogP contribution in [0, 0.1) is 5.82 Å². The second-order valence-electron chi connectivity index (χ2n) is 5.71. The predicted octanol–water partition coefficient (Wildman–Crippen LogP) is 2.28. The van der Waals surface area contributed by atoms with Crippen LogP contribution in [0.4, 0.5) is 4.39 Å². The fourth-order valence-electron chi connectivity index (χ4n) is 2.65. The Balaban J connectivity index is 1.68. The van der Waals surface area contributed by atoms with E-state index in [1.54, 1.807) is 12.1 Å². The molecule has 0 aliphatic carbocycles. The summed E-state index contributed by atoms with van der Waals surface area (Å²) in [7, 11) is 2.08. The van der Waals surface area contributed by atoms with Crippen molar-refractivity contribution in [1.82, 2.24) is 9.80 Å². The highest BCUT2D eigenvalue weighted by Crippen LogP contribution is 2.17. The molecular formula is C16H25FN2O. The number of aliphatic hydroxyl groups excluding tert-OH is 1. The van der Waals surface area contributed by atoms with Crippen LogP contribution in [0.3, 0.4) is 0 Å². The lowest BCUT2D eigenvalue weighted by molar-refractivity contribution is 0.145. The Morgan fingerprint density at radius 2 is 2.05 bits per heavy atom. The van der Waals surface area contributed by atoms with Gasteiger partial charge in [-0.25, -0.2) is 4.39 Å². The van der Waals surface area contributed by atoms with E-state index in [1.807, 2.05) is 0 Å². The summed E-state index contributed by atoms with van der Waals surface area (Å²) in [5.74, 6) is -0.288. The molecule has 1 unspecified atom stereocenters. The van der Waals surface area contributed by atoms with E-state index in [-0.39, 0.29) is 5.82 Å². The fraction of sp³-hybridized carbons (Fsp3) is 0.625. The van der Waals surface area contributed by atoms with Crippen molar-refractivity contribution in [3.05, 3.63) is 35.6 Å². The number of hydrogen-bond acceptors (Lipinski definition) is 3. The molecule has 1 heterocycles. The molecule has 2 rings (SSSR count). The Morgan fingerprint density at radius 3 is 2.75 bits per heavy atom. The van der Waals surface area contributed by atoms with Gasteiger partial charge in [-0.2, -0.15) is 0 Å². The molecule has 1 aromatic rings. The van der Waals surface area contributed by atoms with Crippen molar-refractivity contribution in [1.29, 1.82) is 0 Å². The first-order chi connectivity index (χ1) is 9.65. The Hall–Kier alpha value is -0.970. The lowest BCUT2D eigenvalue weighted by Gasteiger charge is -2.22. The summed E-state index contributed by atoms with van der Waals surface area (Å²) in [5, 5.41) is 10.1. The van der Waals surface area contributed by atoms with E-state index in [0.717, 1.165) is 19.6 Å². The molecule has 4 heteroatoms. The molecule has 1 atom stereocenters. The van der Waals surface area contributed by atoms with Gasteiger partial charge >= 0.3 is 0 Å². The SMILES string of the molecule is CN(CCC(O)c1cccc(F)c1)CCN1CCCC1. The Morgan fingerprint density at radius 1 is 1.30 bits per heavy atom. The minimum Gasteiger partial charge on any atom is -0.388 e. The smallest absolute Gasteiger partial charge is 0.123 e. The van der Waals surface area contributed by atoms with Gasteiger partial charge in [0.2, 0.25) is 0 Å². The lowest BCUT2D eigenvalue weighted by Crippen LogP contribution is -2.32. The fourth-order valence-corrected chi connectivity index (χ4v) is 2.65. The summed E-state index contributed by atoms with van der Waals surface area (Å²) in [6.45, 7) is 5.40. The van der Waals surface area contributed by atoms with Crippen molar-refractivity contribution >= 4 is 0 Å². The highest BCUT2D eigenvalue weighted by Gasteiger charge is 2.13. The Labute approximate surface area is 121 Å². The van der Waals surface area contributed by atoms with Crippen LogP contribution in [0.15, 0.2) is 24.3 Å². The van der Waals surface area contributed by atoms with Crippen LogP contribution in [0.2, 0.25) is 0 Å². The van der Waals surface area contributed by atoms with Crippen molar-refractivity contribution in [2.45, 2.75) is 25.4 Å². The third kappa shape index (κ3) is 4.85. The Bertz CT molecular complexity index is 407. The zero-order valence-electron chi connectivity index (χ0n) is 12.3. The van der Waals surface area contributed by atoms with E-state index < -0.39 is 6.10 Å². The number of hydrogen-bond donors (Lipinski definition) is 1. The summed E-state index contributed by atoms with van der Waals surface area (Å²) < 4.78 is 13.1. The molecule has 1 N–H and O–H groups in total. The highest BCUT2D eigenvalue weighted by molar-refractivity contribution is 5.18. The van der Waals surface area contributed by atoms with Crippen LogP contribution in [0.25, 0.3) is 0 Å². The van der Waals surface area contributed by atoms with E-state index >= 15 is 0 Å². The van der Waals surface area contributed by atoms with E-state index in [2.05, 4.69) is 16.8 Å². The molecule has 1 fully saturated rings. The minimum absolute atomic E-state index is 0.288. The van der Waals surface area contributed by atoms with Gasteiger partial charge in [-0.15, -0.1) is 0 Å². The average molecular weight is 280 g/mol. The number of benzene rings is 1. The van der Waals surface area contributed by atoms with Crippen LogP contribution in [0.5, 0.6) is 0 Å². The lowest BCUT2D eigenvalue weighted by atomic mass is 10.1. The summed E-state index contributed by atoms with van der Waals surface area (Å²) in [6, 6.07) is 6.23. The van der Waals surface area contributed by atoms with Crippen LogP contribution in [-0.2, 0) is 0 Å². The third-order valence-electron chi connectivity index (χ3n) is 4.01. The van der Waals surface area contributed by atoms with E-state index in [0.29, 0.717) is 12.0 Å². The summed E-state index contributed by atoms with van der Waals surface area (Å²) in [6.07, 6.45) is 2.70. The normalized spacial score (nSPS) is 17.8. The molecular weight excluding hydrogens is 255 g/mol. The zero-order valence-corrected chi connectivity index (χ0v) is 12.3. The van der Waals surface area contributed by atoms with Gasteiger partial charge in [0.1, 0.15) is 5.82 Å². The zero-order chi connectivity index (χ0) is 14.4. The first kappa shape index (κ1) is 15.4. The maximum atomic E-state index is 13.1. The van der Waals surface area contributed by atoms with Crippen molar-refractivity contribution < 1.29 is 9.50 Å². The second kappa shape index (κ2) is 7.72. The molecule has 20 heavy (non-hydrogen) atoms. The number of likely N-dealkylation sites (N-methyl/N-ethyl adjacent to an activating group) is 1. The van der Waals surface area contributed by atoms with E-state index in [9.17, 15) is 9.50 Å². The predicted molar refractivity (Wildman–Crippen MR) is 79.1 cm³/mol. The molecule has 0 aromatic heterocycles. The van der Waals surface area contributed by atoms with Crippen molar-refractivity contribution in [2.24, 2.45) is 0 Å².